The van der Waals surface area contributed by atoms with Crippen LogP contribution < -0.4 is 10.2 Å². The highest BCUT2D eigenvalue weighted by molar-refractivity contribution is 8.04. The summed E-state index contributed by atoms with van der Waals surface area (Å²) in [4.78, 5) is 16.8. The zero-order chi connectivity index (χ0) is 22.8. The largest absolute Gasteiger partial charge is 0.378 e. The van der Waals surface area contributed by atoms with Gasteiger partial charge in [0.1, 0.15) is 0 Å². The fourth-order valence-corrected chi connectivity index (χ4v) is 6.20. The molecule has 0 spiro atoms. The van der Waals surface area contributed by atoms with Gasteiger partial charge in [0.05, 0.1) is 28.7 Å². The van der Waals surface area contributed by atoms with Gasteiger partial charge in [-0.1, -0.05) is 47.1 Å². The van der Waals surface area contributed by atoms with E-state index in [-0.39, 0.29) is 5.91 Å². The van der Waals surface area contributed by atoms with Crippen molar-refractivity contribution in [2.24, 2.45) is 0 Å². The molecule has 1 fully saturated rings. The number of hydrogen-bond donors (Lipinski definition) is 1. The molecule has 8 heteroatoms. The zero-order valence-electron chi connectivity index (χ0n) is 17.6. The fraction of sp³-hybridized carbons (Fsp3) is 0.240. The maximum absolute atomic E-state index is 13.3. The van der Waals surface area contributed by atoms with Gasteiger partial charge in [0, 0.05) is 35.1 Å². The number of nitrogens with one attached hydrogen (secondary N) is 1. The third-order valence-corrected chi connectivity index (χ3v) is 8.35. The topological polar surface area (TPSA) is 41.6 Å². The molecule has 33 heavy (non-hydrogen) atoms. The summed E-state index contributed by atoms with van der Waals surface area (Å²) in [6.45, 7) is 3.25. The van der Waals surface area contributed by atoms with E-state index in [0.29, 0.717) is 21.4 Å². The Bertz CT molecular complexity index is 1180. The number of morpholine rings is 1. The zero-order valence-corrected chi connectivity index (χ0v) is 20.8. The summed E-state index contributed by atoms with van der Waals surface area (Å²) in [6.07, 6.45) is 3.88. The lowest BCUT2D eigenvalue weighted by Crippen LogP contribution is -2.49. The molecule has 2 aromatic carbocycles. The van der Waals surface area contributed by atoms with Crippen molar-refractivity contribution in [1.29, 1.82) is 0 Å². The van der Waals surface area contributed by atoms with Crippen LogP contribution in [-0.4, -0.2) is 32.2 Å². The molecule has 0 saturated carbocycles. The Morgan fingerprint density at radius 3 is 2.55 bits per heavy atom. The number of halogens is 2. The third-order valence-electron chi connectivity index (χ3n) is 5.90. The molecule has 1 amide bonds. The van der Waals surface area contributed by atoms with Gasteiger partial charge in [0.25, 0.3) is 5.91 Å². The van der Waals surface area contributed by atoms with Gasteiger partial charge in [-0.3, -0.25) is 4.79 Å². The smallest absolute Gasteiger partial charge is 0.259 e. The molecule has 1 N–H and O–H groups in total. The van der Waals surface area contributed by atoms with E-state index in [2.05, 4.69) is 52.0 Å². The summed E-state index contributed by atoms with van der Waals surface area (Å²) < 4.78 is 5.47. The molecule has 2 aliphatic heterocycles. The van der Waals surface area contributed by atoms with Crippen molar-refractivity contribution < 1.29 is 9.53 Å². The molecule has 1 unspecified atom stereocenters. The minimum absolute atomic E-state index is 0.175. The Morgan fingerprint density at radius 2 is 1.85 bits per heavy atom. The number of hydrogen-bond acceptors (Lipinski definition) is 5. The Kier molecular flexibility index (Phi) is 6.72. The van der Waals surface area contributed by atoms with E-state index in [1.54, 1.807) is 29.5 Å². The van der Waals surface area contributed by atoms with Crippen molar-refractivity contribution in [2.75, 3.05) is 31.2 Å². The first kappa shape index (κ1) is 22.8. The lowest BCUT2D eigenvalue weighted by Gasteiger charge is -2.38. The monoisotopic (exact) mass is 515 g/mol. The number of carbonyl (C=O) groups is 1. The van der Waals surface area contributed by atoms with Crippen LogP contribution in [0.1, 0.15) is 17.5 Å². The third kappa shape index (κ3) is 4.68. The number of anilines is 1. The Balaban J connectivity index is 1.45. The van der Waals surface area contributed by atoms with Gasteiger partial charge in [-0.2, -0.15) is 11.3 Å². The van der Waals surface area contributed by atoms with Crippen LogP contribution in [0.15, 0.2) is 69.1 Å². The summed E-state index contributed by atoms with van der Waals surface area (Å²) in [5.74, 6) is -0.175. The van der Waals surface area contributed by atoms with Crippen molar-refractivity contribution in [1.82, 2.24) is 5.32 Å². The highest BCUT2D eigenvalue weighted by Crippen LogP contribution is 2.42. The van der Waals surface area contributed by atoms with Crippen LogP contribution in [0.3, 0.4) is 0 Å². The SMILES string of the molecule is O=C1NC(c2ccc(N3CCOCC3)cc2)(c2ccsc2)C[C]=C1Sc1cc(Cl)ccc1Cl. The van der Waals surface area contributed by atoms with Gasteiger partial charge in [-0.05, 0) is 64.4 Å². The molecule has 1 saturated heterocycles. The van der Waals surface area contributed by atoms with Crippen LogP contribution in [-0.2, 0) is 15.1 Å². The summed E-state index contributed by atoms with van der Waals surface area (Å²) >= 11 is 15.3. The number of amides is 1. The number of carbonyl (C=O) groups excluding carboxylic acids is 1. The van der Waals surface area contributed by atoms with Crippen molar-refractivity contribution >= 4 is 57.9 Å². The number of rotatable bonds is 5. The highest BCUT2D eigenvalue weighted by atomic mass is 35.5. The maximum atomic E-state index is 13.3. The molecular weight excluding hydrogens is 495 g/mol. The van der Waals surface area contributed by atoms with Gasteiger partial charge in [-0.25, -0.2) is 0 Å². The molecule has 1 atom stereocenters. The second-order valence-electron chi connectivity index (χ2n) is 7.88. The van der Waals surface area contributed by atoms with Crippen molar-refractivity contribution in [3.05, 3.63) is 91.4 Å². The molecule has 169 valence electrons. The van der Waals surface area contributed by atoms with E-state index in [1.807, 2.05) is 5.38 Å². The lowest BCUT2D eigenvalue weighted by molar-refractivity contribution is -0.118. The van der Waals surface area contributed by atoms with E-state index < -0.39 is 5.54 Å². The molecule has 0 bridgehead atoms. The predicted octanol–water partition coefficient (Wildman–Crippen LogP) is 6.13. The average Bonchev–Trinajstić information content (AvgIpc) is 3.39. The summed E-state index contributed by atoms with van der Waals surface area (Å²) in [7, 11) is 0. The molecule has 5 rings (SSSR count). The first-order valence-electron chi connectivity index (χ1n) is 10.6. The Morgan fingerprint density at radius 1 is 1.06 bits per heavy atom. The molecule has 4 nitrogen and oxygen atoms in total. The highest BCUT2D eigenvalue weighted by Gasteiger charge is 2.40. The second-order valence-corrected chi connectivity index (χ2v) is 10.6. The predicted molar refractivity (Wildman–Crippen MR) is 136 cm³/mol. The average molecular weight is 516 g/mol. The molecule has 1 radical (unpaired) electrons. The Labute approximate surface area is 211 Å². The van der Waals surface area contributed by atoms with Crippen molar-refractivity contribution in [3.63, 3.8) is 0 Å². The number of thioether (sulfide) groups is 1. The molecule has 1 aromatic heterocycles. The van der Waals surface area contributed by atoms with Crippen LogP contribution in [0.5, 0.6) is 0 Å². The molecule has 3 heterocycles. The quantitative estimate of drug-likeness (QED) is 0.443. The van der Waals surface area contributed by atoms with E-state index in [9.17, 15) is 4.79 Å². The van der Waals surface area contributed by atoms with Crippen molar-refractivity contribution in [2.45, 2.75) is 16.9 Å². The molecule has 3 aromatic rings. The van der Waals surface area contributed by atoms with Gasteiger partial charge in [0.2, 0.25) is 0 Å². The second kappa shape index (κ2) is 9.72. The van der Waals surface area contributed by atoms with E-state index in [0.717, 1.165) is 48.0 Å². The van der Waals surface area contributed by atoms with Gasteiger partial charge >= 0.3 is 0 Å². The lowest BCUT2D eigenvalue weighted by atomic mass is 9.79. The van der Waals surface area contributed by atoms with Crippen LogP contribution in [0.2, 0.25) is 10.0 Å². The molecular formula is C25H21Cl2N2O2S2. The number of benzene rings is 2. The summed E-state index contributed by atoms with van der Waals surface area (Å²) in [6, 6.07) is 15.8. The normalized spacial score (nSPS) is 21.0. The van der Waals surface area contributed by atoms with Crippen LogP contribution >= 0.6 is 46.3 Å². The maximum Gasteiger partial charge on any atom is 0.259 e. The standard InChI is InChI=1S/C25H21Cl2N2O2S2/c26-19-3-6-21(27)23(15-19)33-22-7-9-25(28-24(22)30,18-8-14-32-16-18)17-1-4-20(5-2-17)29-10-12-31-13-11-29/h1-6,8,14-16H,9-13H2,(H,28,30). The Hall–Kier alpha value is -1.96. The summed E-state index contributed by atoms with van der Waals surface area (Å²) in [5.41, 5.74) is 2.58. The number of nitrogens with zero attached hydrogens (tertiary/aromatic N) is 1. The van der Waals surface area contributed by atoms with E-state index in [1.165, 1.54) is 11.8 Å². The van der Waals surface area contributed by atoms with Gasteiger partial charge < -0.3 is 15.0 Å². The summed E-state index contributed by atoms with van der Waals surface area (Å²) in [5, 5.41) is 8.54. The minimum Gasteiger partial charge on any atom is -0.378 e. The van der Waals surface area contributed by atoms with Crippen molar-refractivity contribution in [3.8, 4) is 0 Å². The van der Waals surface area contributed by atoms with Crippen LogP contribution in [0.25, 0.3) is 0 Å². The fourth-order valence-electron chi connectivity index (χ4n) is 4.14. The van der Waals surface area contributed by atoms with Crippen LogP contribution in [0, 0.1) is 6.08 Å². The van der Waals surface area contributed by atoms with Crippen LogP contribution in [0.4, 0.5) is 5.69 Å². The van der Waals surface area contributed by atoms with Gasteiger partial charge in [-0.15, -0.1) is 0 Å². The van der Waals surface area contributed by atoms with E-state index >= 15 is 0 Å². The minimum atomic E-state index is -0.664. The van der Waals surface area contributed by atoms with Gasteiger partial charge in [0.15, 0.2) is 0 Å². The number of thiophene rings is 1. The first-order chi connectivity index (χ1) is 16.0. The molecule has 0 aliphatic carbocycles. The molecule has 2 aliphatic rings. The van der Waals surface area contributed by atoms with E-state index in [4.69, 9.17) is 27.9 Å². The number of ether oxygens (including phenoxy) is 1. The first-order valence-corrected chi connectivity index (χ1v) is 13.1.